The van der Waals surface area contributed by atoms with Crippen molar-refractivity contribution in [1.29, 1.82) is 0 Å². The van der Waals surface area contributed by atoms with Crippen LogP contribution in [0, 0.1) is 0 Å². The van der Waals surface area contributed by atoms with E-state index in [2.05, 4.69) is 63.6 Å². The topological polar surface area (TPSA) is 30.7 Å². The lowest BCUT2D eigenvalue weighted by molar-refractivity contribution is 0.604. The maximum Gasteiger partial charge on any atom is 0.0827 e. The number of unbranched alkanes of at least 4 members (excludes halogenated alkanes) is 5. The van der Waals surface area contributed by atoms with Crippen molar-refractivity contribution in [3.63, 3.8) is 0 Å². The molecule has 2 rings (SSSR count). The van der Waals surface area contributed by atoms with Gasteiger partial charge in [-0.15, -0.1) is 5.10 Å². The average molecular weight is 350 g/mol. The summed E-state index contributed by atoms with van der Waals surface area (Å²) in [5, 5.41) is 8.48. The zero-order valence-electron chi connectivity index (χ0n) is 12.8. The first-order valence-electron chi connectivity index (χ1n) is 7.91. The first kappa shape index (κ1) is 16.2. The van der Waals surface area contributed by atoms with E-state index >= 15 is 0 Å². The molecule has 1 heterocycles. The van der Waals surface area contributed by atoms with Crippen molar-refractivity contribution in [1.82, 2.24) is 15.0 Å². The second kappa shape index (κ2) is 8.98. The summed E-state index contributed by atoms with van der Waals surface area (Å²) in [6.07, 6.45) is 11.0. The summed E-state index contributed by atoms with van der Waals surface area (Å²) in [7, 11) is 0. The van der Waals surface area contributed by atoms with Crippen LogP contribution in [0.25, 0.3) is 0 Å². The highest BCUT2D eigenvalue weighted by Gasteiger charge is 2.02. The minimum Gasteiger partial charge on any atom is -0.248 e. The third-order valence-corrected chi connectivity index (χ3v) is 4.16. The minimum absolute atomic E-state index is 0.788. The molecule has 0 radical (unpaired) electrons. The van der Waals surface area contributed by atoms with Crippen LogP contribution in [0.3, 0.4) is 0 Å². The Bertz CT molecular complexity index is 519. The van der Waals surface area contributed by atoms with E-state index < -0.39 is 0 Å². The van der Waals surface area contributed by atoms with Crippen LogP contribution in [0.2, 0.25) is 0 Å². The average Bonchev–Trinajstić information content (AvgIpc) is 2.93. The summed E-state index contributed by atoms with van der Waals surface area (Å²) >= 11 is 3.45. The van der Waals surface area contributed by atoms with Gasteiger partial charge in [0.15, 0.2) is 0 Å². The summed E-state index contributed by atoms with van der Waals surface area (Å²) < 4.78 is 3.03. The molecule has 3 nitrogen and oxygen atoms in total. The number of aryl methyl sites for hydroxylation is 1. The lowest BCUT2D eigenvalue weighted by Crippen LogP contribution is -2.00. The minimum atomic E-state index is 0.788. The van der Waals surface area contributed by atoms with Crippen LogP contribution in [0.15, 0.2) is 34.9 Å². The monoisotopic (exact) mass is 349 g/mol. The molecule has 0 N–H and O–H groups in total. The molecule has 2 aromatic rings. The summed E-state index contributed by atoms with van der Waals surface area (Å²) in [5.74, 6) is 0. The maximum atomic E-state index is 4.27. The Morgan fingerprint density at radius 1 is 1.00 bits per heavy atom. The molecule has 4 heteroatoms. The normalized spacial score (nSPS) is 11.0. The van der Waals surface area contributed by atoms with Gasteiger partial charge in [0, 0.05) is 10.7 Å². The predicted octanol–water partition coefficient (Wildman–Crippen LogP) is 4.99. The molecule has 0 bridgehead atoms. The lowest BCUT2D eigenvalue weighted by Gasteiger charge is -2.01. The number of halogens is 1. The van der Waals surface area contributed by atoms with Gasteiger partial charge in [-0.25, -0.2) is 4.68 Å². The zero-order valence-corrected chi connectivity index (χ0v) is 14.3. The molecule has 0 atom stereocenters. The van der Waals surface area contributed by atoms with Gasteiger partial charge in [-0.05, 0) is 30.5 Å². The molecule has 114 valence electrons. The molecule has 0 fully saturated rings. The fourth-order valence-electron chi connectivity index (χ4n) is 2.39. The standard InChI is InChI=1S/C17H24BrN3/c1-2-3-4-5-6-7-8-17-14-21(20-19-17)13-15-9-11-16(18)12-10-15/h9-12,14H,2-8,13H2,1H3. The first-order valence-corrected chi connectivity index (χ1v) is 8.70. The highest BCUT2D eigenvalue weighted by Crippen LogP contribution is 2.12. The van der Waals surface area contributed by atoms with Crippen molar-refractivity contribution in [3.05, 3.63) is 46.2 Å². The largest absolute Gasteiger partial charge is 0.248 e. The van der Waals surface area contributed by atoms with Crippen LogP contribution in [0.4, 0.5) is 0 Å². The Morgan fingerprint density at radius 3 is 2.48 bits per heavy atom. The van der Waals surface area contributed by atoms with Gasteiger partial charge in [-0.2, -0.15) is 0 Å². The predicted molar refractivity (Wildman–Crippen MR) is 90.3 cm³/mol. The van der Waals surface area contributed by atoms with Crippen molar-refractivity contribution in [2.45, 2.75) is 58.4 Å². The molecule has 1 aromatic carbocycles. The van der Waals surface area contributed by atoms with E-state index in [1.165, 1.54) is 44.1 Å². The van der Waals surface area contributed by atoms with E-state index in [1.807, 2.05) is 4.68 Å². The number of benzene rings is 1. The van der Waals surface area contributed by atoms with Gasteiger partial charge in [-0.1, -0.05) is 72.3 Å². The van der Waals surface area contributed by atoms with Crippen LogP contribution < -0.4 is 0 Å². The number of nitrogens with zero attached hydrogens (tertiary/aromatic N) is 3. The highest BCUT2D eigenvalue weighted by atomic mass is 79.9. The molecule has 0 aliphatic heterocycles. The van der Waals surface area contributed by atoms with Gasteiger partial charge >= 0.3 is 0 Å². The van der Waals surface area contributed by atoms with E-state index in [-0.39, 0.29) is 0 Å². The molecule has 1 aromatic heterocycles. The van der Waals surface area contributed by atoms with Crippen LogP contribution in [-0.4, -0.2) is 15.0 Å². The van der Waals surface area contributed by atoms with Crippen molar-refractivity contribution >= 4 is 15.9 Å². The Balaban J connectivity index is 1.72. The molecule has 21 heavy (non-hydrogen) atoms. The molecule has 0 unspecified atom stereocenters. The van der Waals surface area contributed by atoms with E-state index in [1.54, 1.807) is 0 Å². The van der Waals surface area contributed by atoms with Crippen LogP contribution in [0.1, 0.15) is 56.7 Å². The van der Waals surface area contributed by atoms with Crippen molar-refractivity contribution in [2.75, 3.05) is 0 Å². The van der Waals surface area contributed by atoms with Gasteiger partial charge in [0.1, 0.15) is 0 Å². The third kappa shape index (κ3) is 6.00. The van der Waals surface area contributed by atoms with Gasteiger partial charge in [0.2, 0.25) is 0 Å². The number of hydrogen-bond donors (Lipinski definition) is 0. The van der Waals surface area contributed by atoms with Gasteiger partial charge in [0.05, 0.1) is 12.2 Å². The third-order valence-electron chi connectivity index (χ3n) is 3.63. The maximum absolute atomic E-state index is 4.27. The van der Waals surface area contributed by atoms with Crippen LogP contribution >= 0.6 is 15.9 Å². The fraction of sp³-hybridized carbons (Fsp3) is 0.529. The van der Waals surface area contributed by atoms with Crippen LogP contribution in [-0.2, 0) is 13.0 Å². The quantitative estimate of drug-likeness (QED) is 0.597. The second-order valence-corrected chi connectivity index (χ2v) is 6.47. The van der Waals surface area contributed by atoms with Gasteiger partial charge in [-0.3, -0.25) is 0 Å². The van der Waals surface area contributed by atoms with E-state index in [9.17, 15) is 0 Å². The Kier molecular flexibility index (Phi) is 6.93. The highest BCUT2D eigenvalue weighted by molar-refractivity contribution is 9.10. The Hall–Kier alpha value is -1.16. The molecular weight excluding hydrogens is 326 g/mol. The van der Waals surface area contributed by atoms with Crippen molar-refractivity contribution in [3.8, 4) is 0 Å². The van der Waals surface area contributed by atoms with Gasteiger partial charge in [0.25, 0.3) is 0 Å². The van der Waals surface area contributed by atoms with E-state index in [0.29, 0.717) is 0 Å². The Morgan fingerprint density at radius 2 is 1.71 bits per heavy atom. The number of aromatic nitrogens is 3. The zero-order chi connectivity index (χ0) is 14.9. The number of rotatable bonds is 9. The molecule has 0 aliphatic carbocycles. The molecular formula is C17H24BrN3. The SMILES string of the molecule is CCCCCCCCc1cn(Cc2ccc(Br)cc2)nn1. The Labute approximate surface area is 135 Å². The molecule has 0 saturated carbocycles. The smallest absolute Gasteiger partial charge is 0.0827 e. The van der Waals surface area contributed by atoms with Crippen LogP contribution in [0.5, 0.6) is 0 Å². The molecule has 0 spiro atoms. The van der Waals surface area contributed by atoms with Crippen molar-refractivity contribution in [2.24, 2.45) is 0 Å². The molecule has 0 amide bonds. The second-order valence-electron chi connectivity index (χ2n) is 5.55. The molecule has 0 saturated heterocycles. The van der Waals surface area contributed by atoms with E-state index in [4.69, 9.17) is 0 Å². The summed E-state index contributed by atoms with van der Waals surface area (Å²) in [4.78, 5) is 0. The van der Waals surface area contributed by atoms with E-state index in [0.717, 1.165) is 23.1 Å². The molecule has 0 aliphatic rings. The van der Waals surface area contributed by atoms with Gasteiger partial charge < -0.3 is 0 Å². The lowest BCUT2D eigenvalue weighted by atomic mass is 10.1. The summed E-state index contributed by atoms with van der Waals surface area (Å²) in [5.41, 5.74) is 2.36. The fourth-order valence-corrected chi connectivity index (χ4v) is 2.66. The summed E-state index contributed by atoms with van der Waals surface area (Å²) in [6, 6.07) is 8.34. The summed E-state index contributed by atoms with van der Waals surface area (Å²) in [6.45, 7) is 3.04. The van der Waals surface area contributed by atoms with Crippen molar-refractivity contribution < 1.29 is 0 Å². The first-order chi connectivity index (χ1) is 10.3. The number of hydrogen-bond acceptors (Lipinski definition) is 2.